The van der Waals surface area contributed by atoms with Crippen molar-refractivity contribution in [3.63, 3.8) is 0 Å². The molecule has 2 aliphatic rings. The third-order valence-corrected chi connectivity index (χ3v) is 5.92. The van der Waals surface area contributed by atoms with Crippen LogP contribution in [0.25, 0.3) is 11.0 Å². The lowest BCUT2D eigenvalue weighted by molar-refractivity contribution is -0.153. The number of ether oxygens (including phenoxy) is 2. The quantitative estimate of drug-likeness (QED) is 0.400. The molecule has 2 fully saturated rings. The molecule has 0 aliphatic carbocycles. The van der Waals surface area contributed by atoms with Crippen molar-refractivity contribution in [3.8, 4) is 5.75 Å². The number of likely N-dealkylation sites (N-methyl/N-ethyl adjacent to an activating group) is 1. The Balaban J connectivity index is 0.000000968. The topological polar surface area (TPSA) is 127 Å². The molecule has 1 spiro atoms. The third kappa shape index (κ3) is 5.89. The Bertz CT molecular complexity index is 1060. The van der Waals surface area contributed by atoms with Gasteiger partial charge in [-0.25, -0.2) is 4.79 Å². The van der Waals surface area contributed by atoms with Gasteiger partial charge < -0.3 is 28.8 Å². The number of carbonyl (C=O) groups excluding carboxylic acids is 2. The van der Waals surface area contributed by atoms with Crippen LogP contribution in [0.3, 0.4) is 0 Å². The van der Waals surface area contributed by atoms with E-state index in [-0.39, 0.29) is 31.1 Å². The van der Waals surface area contributed by atoms with Crippen molar-refractivity contribution in [1.82, 2.24) is 9.80 Å². The first-order chi connectivity index (χ1) is 15.8. The number of carbonyl (C=O) groups is 3. The highest BCUT2D eigenvalue weighted by Crippen LogP contribution is 2.43. The summed E-state index contributed by atoms with van der Waals surface area (Å²) in [6.45, 7) is 1.39. The van der Waals surface area contributed by atoms with Crippen LogP contribution in [0.15, 0.2) is 39.5 Å². The summed E-state index contributed by atoms with van der Waals surface area (Å²) in [5, 5.41) is 7.67. The summed E-state index contributed by atoms with van der Waals surface area (Å²) < 4.78 is 16.3. The number of piperidine rings is 1. The van der Waals surface area contributed by atoms with Crippen LogP contribution in [0.5, 0.6) is 5.75 Å². The molecular formula is C23H28N2O8. The van der Waals surface area contributed by atoms with Gasteiger partial charge in [0.05, 0.1) is 5.41 Å². The van der Waals surface area contributed by atoms with E-state index in [0.29, 0.717) is 43.7 Å². The van der Waals surface area contributed by atoms with Crippen LogP contribution >= 0.6 is 0 Å². The minimum absolute atomic E-state index is 0.0777. The number of amides is 1. The Hall–Kier alpha value is -3.40. The van der Waals surface area contributed by atoms with Crippen molar-refractivity contribution < 1.29 is 33.4 Å². The standard InChI is InChI=1S/C22H26N2O6.CH2O2/c1-23(2)13-17-12-22(21(27)29-17)7-9-24(10-8-22)19(25)14-28-16-5-3-15-4-6-20(26)30-18(15)11-16;2-1-3/h3-6,11,17H,7-10,12-14H2,1-2H3;1H,(H,2,3). The monoisotopic (exact) mass is 460 g/mol. The van der Waals surface area contributed by atoms with Gasteiger partial charge in [-0.15, -0.1) is 0 Å². The van der Waals surface area contributed by atoms with Crippen LogP contribution in [-0.4, -0.2) is 79.7 Å². The van der Waals surface area contributed by atoms with Gasteiger partial charge in [-0.05, 0) is 45.1 Å². The minimum atomic E-state index is -0.464. The number of hydrogen-bond acceptors (Lipinski definition) is 8. The highest BCUT2D eigenvalue weighted by molar-refractivity contribution is 5.81. The highest BCUT2D eigenvalue weighted by atomic mass is 16.6. The third-order valence-electron chi connectivity index (χ3n) is 5.92. The van der Waals surface area contributed by atoms with E-state index in [1.165, 1.54) is 6.07 Å². The van der Waals surface area contributed by atoms with Crippen LogP contribution in [0.2, 0.25) is 0 Å². The number of rotatable bonds is 5. The normalized spacial score (nSPS) is 19.2. The van der Waals surface area contributed by atoms with Gasteiger partial charge in [0.2, 0.25) is 0 Å². The Morgan fingerprint density at radius 1 is 1.24 bits per heavy atom. The van der Waals surface area contributed by atoms with Gasteiger partial charge in [0.1, 0.15) is 17.4 Å². The maximum absolute atomic E-state index is 12.6. The first-order valence-electron chi connectivity index (χ1n) is 10.6. The number of esters is 1. The van der Waals surface area contributed by atoms with Gasteiger partial charge in [-0.2, -0.15) is 0 Å². The van der Waals surface area contributed by atoms with Crippen LogP contribution in [-0.2, 0) is 19.1 Å². The van der Waals surface area contributed by atoms with Crippen molar-refractivity contribution in [2.45, 2.75) is 25.4 Å². The number of hydrogen-bond donors (Lipinski definition) is 1. The van der Waals surface area contributed by atoms with E-state index in [1.807, 2.05) is 19.0 Å². The van der Waals surface area contributed by atoms with Crippen LogP contribution in [0, 0.1) is 5.41 Å². The number of benzene rings is 1. The van der Waals surface area contributed by atoms with E-state index in [1.54, 1.807) is 29.2 Å². The van der Waals surface area contributed by atoms with Gasteiger partial charge >= 0.3 is 11.6 Å². The molecule has 1 atom stereocenters. The molecule has 10 nitrogen and oxygen atoms in total. The van der Waals surface area contributed by atoms with Crippen LogP contribution < -0.4 is 10.4 Å². The lowest BCUT2D eigenvalue weighted by atomic mass is 9.76. The van der Waals surface area contributed by atoms with Gasteiger partial charge in [0, 0.05) is 43.6 Å². The molecule has 1 aromatic carbocycles. The second-order valence-electron chi connectivity index (χ2n) is 8.50. The van der Waals surface area contributed by atoms with Crippen LogP contribution in [0.1, 0.15) is 19.3 Å². The number of carboxylic acid groups (broad SMARTS) is 1. The van der Waals surface area contributed by atoms with Crippen molar-refractivity contribution in [3.05, 3.63) is 40.8 Å². The molecule has 4 rings (SSSR count). The zero-order valence-corrected chi connectivity index (χ0v) is 18.7. The molecule has 3 heterocycles. The summed E-state index contributed by atoms with van der Waals surface area (Å²) in [7, 11) is 3.92. The van der Waals surface area contributed by atoms with Crippen molar-refractivity contribution >= 4 is 29.3 Å². The summed E-state index contributed by atoms with van der Waals surface area (Å²) >= 11 is 0. The molecule has 2 saturated heterocycles. The molecule has 1 aromatic heterocycles. The number of fused-ring (bicyclic) bond motifs is 1. The van der Waals surface area contributed by atoms with E-state index in [2.05, 4.69) is 0 Å². The maximum Gasteiger partial charge on any atom is 0.336 e. The summed E-state index contributed by atoms with van der Waals surface area (Å²) in [4.78, 5) is 48.5. The number of likely N-dealkylation sites (tertiary alicyclic amines) is 1. The van der Waals surface area contributed by atoms with E-state index in [9.17, 15) is 14.4 Å². The number of cyclic esters (lactones) is 1. The predicted octanol–water partition coefficient (Wildman–Crippen LogP) is 1.36. The lowest BCUT2D eigenvalue weighted by Gasteiger charge is -2.36. The molecule has 0 radical (unpaired) electrons. The SMILES string of the molecule is CN(C)CC1CC2(CCN(C(=O)COc3ccc4ccc(=O)oc4c3)CC2)C(=O)O1.O=CO. The second-order valence-corrected chi connectivity index (χ2v) is 8.50. The molecule has 33 heavy (non-hydrogen) atoms. The highest BCUT2D eigenvalue weighted by Gasteiger charge is 2.50. The zero-order chi connectivity index (χ0) is 24.0. The largest absolute Gasteiger partial charge is 0.484 e. The van der Waals surface area contributed by atoms with Crippen molar-refractivity contribution in [2.24, 2.45) is 5.41 Å². The summed E-state index contributed by atoms with van der Waals surface area (Å²) in [5.74, 6) is 0.204. The molecule has 0 saturated carbocycles. The Morgan fingerprint density at radius 3 is 2.58 bits per heavy atom. The summed E-state index contributed by atoms with van der Waals surface area (Å²) in [5.41, 5.74) is -0.482. The van der Waals surface area contributed by atoms with E-state index in [0.717, 1.165) is 11.9 Å². The Labute approximate surface area is 190 Å². The smallest absolute Gasteiger partial charge is 0.336 e. The maximum atomic E-state index is 12.6. The summed E-state index contributed by atoms with van der Waals surface area (Å²) in [6, 6.07) is 8.16. The van der Waals surface area contributed by atoms with E-state index >= 15 is 0 Å². The van der Waals surface area contributed by atoms with E-state index < -0.39 is 11.0 Å². The van der Waals surface area contributed by atoms with Gasteiger partial charge in [0.25, 0.3) is 12.4 Å². The molecule has 0 bridgehead atoms. The second kappa shape index (κ2) is 10.5. The summed E-state index contributed by atoms with van der Waals surface area (Å²) in [6.07, 6.45) is 1.86. The zero-order valence-electron chi connectivity index (χ0n) is 18.7. The first kappa shape index (κ1) is 24.2. The first-order valence-corrected chi connectivity index (χ1v) is 10.6. The molecule has 178 valence electrons. The average molecular weight is 460 g/mol. The lowest BCUT2D eigenvalue weighted by Crippen LogP contribution is -2.46. The van der Waals surface area contributed by atoms with Gasteiger partial charge in [-0.1, -0.05) is 0 Å². The van der Waals surface area contributed by atoms with Crippen LogP contribution in [0.4, 0.5) is 0 Å². The number of nitrogens with zero attached hydrogens (tertiary/aromatic N) is 2. The Kier molecular flexibility index (Phi) is 7.70. The fraction of sp³-hybridized carbons (Fsp3) is 0.478. The fourth-order valence-corrected chi connectivity index (χ4v) is 4.31. The molecule has 1 amide bonds. The van der Waals surface area contributed by atoms with Crippen molar-refractivity contribution in [1.29, 1.82) is 0 Å². The van der Waals surface area contributed by atoms with Gasteiger partial charge in [0.15, 0.2) is 6.61 Å². The molecule has 1 N–H and O–H groups in total. The fourth-order valence-electron chi connectivity index (χ4n) is 4.31. The predicted molar refractivity (Wildman–Crippen MR) is 118 cm³/mol. The Morgan fingerprint density at radius 2 is 1.91 bits per heavy atom. The molecule has 1 unspecified atom stereocenters. The molecule has 2 aliphatic heterocycles. The minimum Gasteiger partial charge on any atom is -0.484 e. The average Bonchev–Trinajstić information content (AvgIpc) is 3.06. The van der Waals surface area contributed by atoms with E-state index in [4.69, 9.17) is 23.8 Å². The molecule has 2 aromatic rings. The molecule has 10 heteroatoms. The van der Waals surface area contributed by atoms with Crippen molar-refractivity contribution in [2.75, 3.05) is 40.3 Å². The molecular weight excluding hydrogens is 432 g/mol. The van der Waals surface area contributed by atoms with Gasteiger partial charge in [-0.3, -0.25) is 14.4 Å².